The molecule has 1 fully saturated rings. The number of carboxylic acid groups (broad SMARTS) is 1. The van der Waals surface area contributed by atoms with Crippen LogP contribution in [0.1, 0.15) is 38.3 Å². The van der Waals surface area contributed by atoms with Crippen molar-refractivity contribution in [1.29, 1.82) is 0 Å². The van der Waals surface area contributed by atoms with Crippen molar-refractivity contribution in [2.45, 2.75) is 49.0 Å². The van der Waals surface area contributed by atoms with E-state index in [0.717, 1.165) is 39.3 Å². The van der Waals surface area contributed by atoms with Gasteiger partial charge in [0.1, 0.15) is 23.1 Å². The van der Waals surface area contributed by atoms with Crippen molar-refractivity contribution in [1.82, 2.24) is 9.62 Å². The summed E-state index contributed by atoms with van der Waals surface area (Å²) in [6.07, 6.45) is 0.0649. The van der Waals surface area contributed by atoms with Gasteiger partial charge in [-0.3, -0.25) is 9.59 Å². The van der Waals surface area contributed by atoms with Crippen LogP contribution in [0.2, 0.25) is 0 Å². The highest BCUT2D eigenvalue weighted by molar-refractivity contribution is 8.02. The molecule has 3 atom stereocenters. The van der Waals surface area contributed by atoms with Gasteiger partial charge in [-0.25, -0.2) is 17.2 Å². The van der Waals surface area contributed by atoms with Gasteiger partial charge in [-0.2, -0.15) is 4.31 Å². The maximum Gasteiger partial charge on any atom is 0.321 e. The monoisotopic (exact) mass is 617 g/mol. The average molecular weight is 618 g/mol. The van der Waals surface area contributed by atoms with Crippen LogP contribution in [0.25, 0.3) is 11.1 Å². The van der Waals surface area contributed by atoms with Crippen LogP contribution in [0.5, 0.6) is 0 Å². The number of halogens is 2. The Morgan fingerprint density at radius 3 is 2.21 bits per heavy atom. The van der Waals surface area contributed by atoms with Gasteiger partial charge in [0.25, 0.3) is 0 Å². The molecule has 0 unspecified atom stereocenters. The zero-order chi connectivity index (χ0) is 30.7. The summed E-state index contributed by atoms with van der Waals surface area (Å²) in [6, 6.07) is 16.7. The number of carbonyl (C=O) groups is 2. The van der Waals surface area contributed by atoms with Gasteiger partial charge < -0.3 is 16.2 Å². The van der Waals surface area contributed by atoms with Crippen molar-refractivity contribution in [2.24, 2.45) is 11.1 Å². The Hall–Kier alpha value is -3.32. The minimum atomic E-state index is -4.08. The molecule has 0 bridgehead atoms. The Kier molecular flexibility index (Phi) is 9.71. The van der Waals surface area contributed by atoms with Crippen LogP contribution in [0.3, 0.4) is 0 Å². The summed E-state index contributed by atoms with van der Waals surface area (Å²) >= 11 is 1.11. The molecule has 3 aromatic rings. The molecule has 1 heterocycles. The number of sulfonamides is 1. The van der Waals surface area contributed by atoms with Crippen molar-refractivity contribution < 1.29 is 31.9 Å². The number of carboxylic acids is 1. The van der Waals surface area contributed by atoms with E-state index in [0.29, 0.717) is 5.75 Å². The number of nitrogens with zero attached hydrogens (tertiary/aromatic N) is 1. The standard InChI is InChI=1S/C30H33F2N3O5S2/c1-30(2,26(33)29(37)38)16-15-24(25-22(31)9-6-10-23(25)32)34-27(36)28-35(17-18-41-28)42(39,40)21-13-11-20(12-14-21)19-7-4-3-5-8-19/h3-14,24,26,28H,15-18,33H2,1-2H3,(H,34,36)(H,37,38)/t24-,26+,28-/m0/s1. The normalized spacial score (nSPS) is 17.5. The maximum absolute atomic E-state index is 14.9. The summed E-state index contributed by atoms with van der Waals surface area (Å²) < 4.78 is 58.0. The summed E-state index contributed by atoms with van der Waals surface area (Å²) in [5, 5.41) is 10.8. The van der Waals surface area contributed by atoms with E-state index >= 15 is 0 Å². The van der Waals surface area contributed by atoms with E-state index in [1.807, 2.05) is 30.3 Å². The third-order valence-corrected chi connectivity index (χ3v) is 10.7. The highest BCUT2D eigenvalue weighted by Gasteiger charge is 2.41. The second-order valence-corrected chi connectivity index (χ2v) is 13.8. The SMILES string of the molecule is CC(C)(CC[C@H](NC(=O)[C@@H]1SCCN1S(=O)(=O)c1ccc(-c2ccccc2)cc1)c1c(F)cccc1F)[C@H](N)C(=O)O. The van der Waals surface area contributed by atoms with Gasteiger partial charge in [-0.15, -0.1) is 11.8 Å². The molecule has 224 valence electrons. The molecule has 0 aliphatic carbocycles. The summed E-state index contributed by atoms with van der Waals surface area (Å²) in [6.45, 7) is 3.31. The number of hydrogen-bond donors (Lipinski definition) is 3. The van der Waals surface area contributed by atoms with E-state index in [2.05, 4.69) is 5.32 Å². The molecule has 12 heteroatoms. The van der Waals surface area contributed by atoms with E-state index in [-0.39, 0.29) is 29.8 Å². The third kappa shape index (κ3) is 6.83. The first-order valence-corrected chi connectivity index (χ1v) is 15.8. The Morgan fingerprint density at radius 1 is 1.02 bits per heavy atom. The predicted octanol–water partition coefficient (Wildman–Crippen LogP) is 4.77. The lowest BCUT2D eigenvalue weighted by Crippen LogP contribution is -2.47. The first-order chi connectivity index (χ1) is 19.8. The molecular weight excluding hydrogens is 584 g/mol. The summed E-state index contributed by atoms with van der Waals surface area (Å²) in [4.78, 5) is 25.0. The average Bonchev–Trinajstić information content (AvgIpc) is 3.47. The molecular formula is C30H33F2N3O5S2. The zero-order valence-electron chi connectivity index (χ0n) is 23.2. The number of benzene rings is 3. The molecule has 4 rings (SSSR count). The van der Waals surface area contributed by atoms with Gasteiger partial charge in [-0.05, 0) is 53.6 Å². The number of thioether (sulfide) groups is 1. The fourth-order valence-corrected chi connectivity index (χ4v) is 7.96. The summed E-state index contributed by atoms with van der Waals surface area (Å²) in [7, 11) is -4.08. The highest BCUT2D eigenvalue weighted by Crippen LogP contribution is 2.35. The number of nitrogens with one attached hydrogen (secondary N) is 1. The van der Waals surface area contributed by atoms with Gasteiger partial charge in [0, 0.05) is 17.9 Å². The van der Waals surface area contributed by atoms with E-state index in [9.17, 15) is 31.9 Å². The van der Waals surface area contributed by atoms with Crippen LogP contribution in [0.4, 0.5) is 8.78 Å². The van der Waals surface area contributed by atoms with Gasteiger partial charge >= 0.3 is 5.97 Å². The topological polar surface area (TPSA) is 130 Å². The van der Waals surface area contributed by atoms with E-state index in [4.69, 9.17) is 5.73 Å². The van der Waals surface area contributed by atoms with E-state index in [1.54, 1.807) is 26.0 Å². The largest absolute Gasteiger partial charge is 0.480 e. The molecule has 0 radical (unpaired) electrons. The van der Waals surface area contributed by atoms with Crippen molar-refractivity contribution in [3.63, 3.8) is 0 Å². The highest BCUT2D eigenvalue weighted by atomic mass is 32.2. The number of carbonyl (C=O) groups excluding carboxylic acids is 1. The predicted molar refractivity (Wildman–Crippen MR) is 158 cm³/mol. The van der Waals surface area contributed by atoms with Gasteiger partial charge in [0.15, 0.2) is 0 Å². The molecule has 1 aliphatic heterocycles. The summed E-state index contributed by atoms with van der Waals surface area (Å²) in [5.41, 5.74) is 6.23. The van der Waals surface area contributed by atoms with Crippen molar-refractivity contribution in [2.75, 3.05) is 12.3 Å². The van der Waals surface area contributed by atoms with E-state index < -0.39 is 56.4 Å². The van der Waals surface area contributed by atoms with Gasteiger partial charge in [0.05, 0.1) is 10.9 Å². The van der Waals surface area contributed by atoms with Crippen molar-refractivity contribution in [3.8, 4) is 11.1 Å². The minimum absolute atomic E-state index is 0.0172. The molecule has 1 saturated heterocycles. The number of amides is 1. The third-order valence-electron chi connectivity index (χ3n) is 7.49. The van der Waals surface area contributed by atoms with Crippen LogP contribution in [0, 0.1) is 17.0 Å². The minimum Gasteiger partial charge on any atom is -0.480 e. The molecule has 0 spiro atoms. The Bertz CT molecular complexity index is 1520. The molecule has 42 heavy (non-hydrogen) atoms. The molecule has 3 aromatic carbocycles. The zero-order valence-corrected chi connectivity index (χ0v) is 24.8. The molecule has 1 aliphatic rings. The second-order valence-electron chi connectivity index (χ2n) is 10.8. The quantitative estimate of drug-likeness (QED) is 0.283. The number of nitrogens with two attached hydrogens (primary N) is 1. The van der Waals surface area contributed by atoms with Crippen molar-refractivity contribution >= 4 is 33.7 Å². The maximum atomic E-state index is 14.9. The number of hydrogen-bond acceptors (Lipinski definition) is 6. The van der Waals surface area contributed by atoms with Crippen molar-refractivity contribution in [3.05, 3.63) is 90.0 Å². The lowest BCUT2D eigenvalue weighted by Gasteiger charge is -2.31. The van der Waals surface area contributed by atoms with Crippen LogP contribution in [0.15, 0.2) is 77.7 Å². The molecule has 1 amide bonds. The fraction of sp³-hybridized carbons (Fsp3) is 0.333. The Balaban J connectivity index is 1.57. The summed E-state index contributed by atoms with van der Waals surface area (Å²) in [5.74, 6) is -3.38. The second kappa shape index (κ2) is 12.9. The molecule has 0 aromatic heterocycles. The smallest absolute Gasteiger partial charge is 0.321 e. The number of rotatable bonds is 11. The lowest BCUT2D eigenvalue weighted by molar-refractivity contribution is -0.141. The number of aliphatic carboxylic acids is 1. The Labute approximate surface area is 248 Å². The van der Waals surface area contributed by atoms with Gasteiger partial charge in [0.2, 0.25) is 15.9 Å². The van der Waals surface area contributed by atoms with Gasteiger partial charge in [-0.1, -0.05) is 62.4 Å². The van der Waals surface area contributed by atoms with Crippen LogP contribution >= 0.6 is 11.8 Å². The first kappa shape index (κ1) is 31.6. The Morgan fingerprint density at radius 2 is 1.62 bits per heavy atom. The van der Waals surface area contributed by atoms with E-state index in [1.165, 1.54) is 18.2 Å². The lowest BCUT2D eigenvalue weighted by atomic mass is 9.79. The molecule has 4 N–H and O–H groups in total. The first-order valence-electron chi connectivity index (χ1n) is 13.3. The van der Waals surface area contributed by atoms with Crippen LogP contribution < -0.4 is 11.1 Å². The molecule has 8 nitrogen and oxygen atoms in total. The fourth-order valence-electron chi connectivity index (χ4n) is 4.87. The van der Waals surface area contributed by atoms with Crippen LogP contribution in [-0.4, -0.2) is 53.4 Å². The van der Waals surface area contributed by atoms with Crippen LogP contribution in [-0.2, 0) is 19.6 Å². The molecule has 0 saturated carbocycles.